The van der Waals surface area contributed by atoms with Crippen molar-refractivity contribution >= 4 is 22.8 Å². The summed E-state index contributed by atoms with van der Waals surface area (Å²) in [6, 6.07) is 4.22. The molecular weight excluding hydrogens is 531 g/mol. The lowest BCUT2D eigenvalue weighted by atomic mass is 9.73. The maximum Gasteiger partial charge on any atom is 0.409 e. The van der Waals surface area contributed by atoms with Gasteiger partial charge in [-0.15, -0.1) is 0 Å². The van der Waals surface area contributed by atoms with Crippen LogP contribution in [0, 0.1) is 17.0 Å². The van der Waals surface area contributed by atoms with Crippen molar-refractivity contribution in [1.29, 1.82) is 0 Å². The summed E-state index contributed by atoms with van der Waals surface area (Å²) >= 11 is 0. The van der Waals surface area contributed by atoms with Gasteiger partial charge in [-0.1, -0.05) is 6.07 Å². The van der Waals surface area contributed by atoms with Crippen molar-refractivity contribution in [2.75, 3.05) is 38.5 Å². The lowest BCUT2D eigenvalue weighted by molar-refractivity contribution is -0.164. The zero-order chi connectivity index (χ0) is 27.8. The average Bonchev–Trinajstić information content (AvgIpc) is 3.44. The molecule has 208 valence electrons. The van der Waals surface area contributed by atoms with Crippen LogP contribution < -0.4 is 5.32 Å². The standard InChI is InChI=1S/C27H25F5N8/c1-38-11-26(12-38)13-39(14-26)10-15-2-4-21(33-8-15)35-25-34-9-18(29)23(37-25)16-6-17(28)24-19(7-16)40-20(27(30,31)32)3-5-22(40)36-24/h2,4,6-9,20H,3,5,10-14H2,1H3,(H,33,34,35,37). The molecule has 1 spiro atoms. The molecule has 2 fully saturated rings. The first-order chi connectivity index (χ1) is 19.1. The number of hydrogen-bond donors (Lipinski definition) is 1. The molecule has 0 aliphatic carbocycles. The molecule has 0 amide bonds. The van der Waals surface area contributed by atoms with Gasteiger partial charge >= 0.3 is 6.18 Å². The van der Waals surface area contributed by atoms with Crippen LogP contribution >= 0.6 is 0 Å². The van der Waals surface area contributed by atoms with Crippen molar-refractivity contribution in [2.45, 2.75) is 31.6 Å². The average molecular weight is 557 g/mol. The second-order valence-electron chi connectivity index (χ2n) is 11.2. The molecule has 1 aromatic carbocycles. The van der Waals surface area contributed by atoms with Crippen molar-refractivity contribution in [2.24, 2.45) is 5.41 Å². The fourth-order valence-electron chi connectivity index (χ4n) is 6.47. The molecular formula is C27H25F5N8. The first kappa shape index (κ1) is 25.3. The Morgan fingerprint density at radius 1 is 1.00 bits per heavy atom. The highest BCUT2D eigenvalue weighted by molar-refractivity contribution is 5.83. The molecule has 1 unspecified atom stereocenters. The second-order valence-corrected chi connectivity index (χ2v) is 11.2. The van der Waals surface area contributed by atoms with Crippen molar-refractivity contribution in [3.63, 3.8) is 0 Å². The topological polar surface area (TPSA) is 75.0 Å². The Hall–Kier alpha value is -3.71. The smallest absolute Gasteiger partial charge is 0.316 e. The monoisotopic (exact) mass is 556 g/mol. The number of hydrogen-bond acceptors (Lipinski definition) is 7. The van der Waals surface area contributed by atoms with Crippen molar-refractivity contribution in [3.8, 4) is 11.3 Å². The molecule has 8 nitrogen and oxygen atoms in total. The van der Waals surface area contributed by atoms with Crippen LogP contribution in [-0.2, 0) is 13.0 Å². The normalized spacial score (nSPS) is 20.5. The summed E-state index contributed by atoms with van der Waals surface area (Å²) < 4.78 is 71.6. The third-order valence-electron chi connectivity index (χ3n) is 7.97. The first-order valence-electron chi connectivity index (χ1n) is 13.0. The van der Waals surface area contributed by atoms with E-state index in [0.29, 0.717) is 11.2 Å². The molecule has 1 N–H and O–H groups in total. The Morgan fingerprint density at radius 2 is 1.80 bits per heavy atom. The predicted octanol–water partition coefficient (Wildman–Crippen LogP) is 4.71. The van der Waals surface area contributed by atoms with E-state index in [1.165, 1.54) is 6.07 Å². The minimum absolute atomic E-state index is 0.0163. The maximum atomic E-state index is 15.0. The lowest BCUT2D eigenvalue weighted by Crippen LogP contribution is -2.70. The number of anilines is 2. The van der Waals surface area contributed by atoms with E-state index in [4.69, 9.17) is 0 Å². The molecule has 13 heteroatoms. The Balaban J connectivity index is 1.11. The van der Waals surface area contributed by atoms with Crippen LogP contribution in [0.5, 0.6) is 0 Å². The highest BCUT2D eigenvalue weighted by Gasteiger charge is 2.50. The predicted molar refractivity (Wildman–Crippen MR) is 137 cm³/mol. The molecule has 6 heterocycles. The zero-order valence-electron chi connectivity index (χ0n) is 21.5. The summed E-state index contributed by atoms with van der Waals surface area (Å²) in [5, 5.41) is 2.92. The Kier molecular flexibility index (Phi) is 5.62. The molecule has 3 aromatic heterocycles. The summed E-state index contributed by atoms with van der Waals surface area (Å²) in [4.78, 5) is 21.3. The van der Waals surface area contributed by atoms with E-state index in [-0.39, 0.29) is 46.9 Å². The molecule has 0 saturated carbocycles. The third kappa shape index (κ3) is 4.27. The van der Waals surface area contributed by atoms with Crippen molar-refractivity contribution in [1.82, 2.24) is 34.3 Å². The first-order valence-corrected chi connectivity index (χ1v) is 13.0. The largest absolute Gasteiger partial charge is 0.409 e. The number of nitrogens with one attached hydrogen (secondary N) is 1. The lowest BCUT2D eigenvalue weighted by Gasteiger charge is -2.59. The molecule has 0 bridgehead atoms. The summed E-state index contributed by atoms with van der Waals surface area (Å²) in [6.45, 7) is 5.24. The summed E-state index contributed by atoms with van der Waals surface area (Å²) in [6.07, 6.45) is -1.93. The van der Waals surface area contributed by atoms with Gasteiger partial charge in [0.15, 0.2) is 11.6 Å². The van der Waals surface area contributed by atoms with E-state index < -0.39 is 23.9 Å². The molecule has 40 heavy (non-hydrogen) atoms. The highest BCUT2D eigenvalue weighted by atomic mass is 19.4. The Labute approximate surface area is 225 Å². The SMILES string of the molecule is CN1CC2(C1)CN(Cc1ccc(Nc3ncc(F)c(-c4cc(F)c5nc6n(c5c4)C(C(F)(F)F)CC6)n3)nc1)C2. The van der Waals surface area contributed by atoms with E-state index in [0.717, 1.165) is 55.1 Å². The number of aromatic nitrogens is 5. The van der Waals surface area contributed by atoms with Gasteiger partial charge in [-0.2, -0.15) is 13.2 Å². The van der Waals surface area contributed by atoms with Gasteiger partial charge in [0.25, 0.3) is 0 Å². The summed E-state index contributed by atoms with van der Waals surface area (Å²) in [5.74, 6) is -1.09. The quantitative estimate of drug-likeness (QED) is 0.357. The number of nitrogens with zero attached hydrogens (tertiary/aromatic N) is 7. The van der Waals surface area contributed by atoms with Crippen LogP contribution in [0.25, 0.3) is 22.3 Å². The summed E-state index contributed by atoms with van der Waals surface area (Å²) in [7, 11) is 2.13. The van der Waals surface area contributed by atoms with E-state index in [1.807, 2.05) is 6.07 Å². The van der Waals surface area contributed by atoms with E-state index in [9.17, 15) is 22.0 Å². The molecule has 4 aromatic rings. The van der Waals surface area contributed by atoms with Crippen LogP contribution in [-0.4, -0.2) is 73.7 Å². The Morgan fingerprint density at radius 3 is 2.50 bits per heavy atom. The van der Waals surface area contributed by atoms with Gasteiger partial charge < -0.3 is 14.8 Å². The molecule has 0 radical (unpaired) electrons. The number of pyridine rings is 1. The van der Waals surface area contributed by atoms with Crippen LogP contribution in [0.2, 0.25) is 0 Å². The molecule has 7 rings (SSSR count). The third-order valence-corrected chi connectivity index (χ3v) is 7.97. The van der Waals surface area contributed by atoms with Crippen molar-refractivity contribution < 1.29 is 22.0 Å². The number of imidazole rings is 1. The molecule has 3 aliphatic rings. The minimum Gasteiger partial charge on any atom is -0.316 e. The molecule has 1 atom stereocenters. The van der Waals surface area contributed by atoms with E-state index in [2.05, 4.69) is 42.1 Å². The van der Waals surface area contributed by atoms with E-state index in [1.54, 1.807) is 12.3 Å². The zero-order valence-corrected chi connectivity index (χ0v) is 21.5. The number of rotatable bonds is 5. The van der Waals surface area contributed by atoms with Gasteiger partial charge in [0.1, 0.15) is 28.9 Å². The van der Waals surface area contributed by atoms with Gasteiger partial charge in [-0.05, 0) is 37.2 Å². The van der Waals surface area contributed by atoms with Gasteiger partial charge in [-0.3, -0.25) is 4.90 Å². The number of benzene rings is 1. The fraction of sp³-hybridized carbons (Fsp3) is 0.407. The number of alkyl halides is 3. The fourth-order valence-corrected chi connectivity index (χ4v) is 6.47. The Bertz CT molecular complexity index is 1600. The van der Waals surface area contributed by atoms with Crippen LogP contribution in [0.15, 0.2) is 36.7 Å². The van der Waals surface area contributed by atoms with Crippen LogP contribution in [0.1, 0.15) is 23.9 Å². The van der Waals surface area contributed by atoms with Gasteiger partial charge in [-0.25, -0.2) is 28.7 Å². The number of likely N-dealkylation sites (tertiary alicyclic amines) is 2. The molecule has 3 aliphatic heterocycles. The van der Waals surface area contributed by atoms with Gasteiger partial charge in [0.05, 0.1) is 11.7 Å². The second kappa shape index (κ2) is 8.90. The maximum absolute atomic E-state index is 15.0. The number of aryl methyl sites for hydroxylation is 1. The van der Waals surface area contributed by atoms with Gasteiger partial charge in [0, 0.05) is 56.3 Å². The van der Waals surface area contributed by atoms with Crippen molar-refractivity contribution in [3.05, 3.63) is 59.7 Å². The van der Waals surface area contributed by atoms with Gasteiger partial charge in [0.2, 0.25) is 5.95 Å². The molecule has 2 saturated heterocycles. The minimum atomic E-state index is -4.52. The van der Waals surface area contributed by atoms with Crippen LogP contribution in [0.3, 0.4) is 0 Å². The van der Waals surface area contributed by atoms with E-state index >= 15 is 0 Å². The van der Waals surface area contributed by atoms with Crippen LogP contribution in [0.4, 0.5) is 33.7 Å². The highest BCUT2D eigenvalue weighted by Crippen LogP contribution is 2.43. The number of fused-ring (bicyclic) bond motifs is 3. The number of halogens is 5. The summed E-state index contributed by atoms with van der Waals surface area (Å²) in [5.41, 5.74) is 1.01.